The number of methoxy groups -OCH3 is 1. The molecule has 4 nitrogen and oxygen atoms in total. The highest BCUT2D eigenvalue weighted by Crippen LogP contribution is 2.41. The maximum Gasteiger partial charge on any atom is 0.226 e. The Bertz CT molecular complexity index is 915. The molecule has 1 aliphatic heterocycles. The summed E-state index contributed by atoms with van der Waals surface area (Å²) >= 11 is 0. The summed E-state index contributed by atoms with van der Waals surface area (Å²) < 4.78 is 19.3. The number of hydrogen-bond acceptors (Lipinski definition) is 3. The predicted molar refractivity (Wildman–Crippen MR) is 126 cm³/mol. The van der Waals surface area contributed by atoms with E-state index < -0.39 is 5.41 Å². The van der Waals surface area contributed by atoms with E-state index in [9.17, 15) is 9.18 Å². The van der Waals surface area contributed by atoms with Crippen molar-refractivity contribution in [2.45, 2.75) is 57.1 Å². The Balaban J connectivity index is 1.54. The molecule has 2 aliphatic rings. The first-order valence-electron chi connectivity index (χ1n) is 11.8. The van der Waals surface area contributed by atoms with Gasteiger partial charge in [0.2, 0.25) is 5.91 Å². The van der Waals surface area contributed by atoms with E-state index in [0.717, 1.165) is 68.3 Å². The minimum absolute atomic E-state index is 0.192. The molecule has 0 unspecified atom stereocenters. The molecule has 1 heterocycles. The fourth-order valence-corrected chi connectivity index (χ4v) is 5.27. The molecule has 0 radical (unpaired) electrons. The van der Waals surface area contributed by atoms with Crippen molar-refractivity contribution < 1.29 is 13.9 Å². The van der Waals surface area contributed by atoms with Gasteiger partial charge in [-0.25, -0.2) is 4.39 Å². The molecule has 1 N–H and O–H groups in total. The second kappa shape index (κ2) is 10.1. The zero-order valence-electron chi connectivity index (χ0n) is 19.3. The lowest BCUT2D eigenvalue weighted by molar-refractivity contribution is -0.135. The van der Waals surface area contributed by atoms with E-state index in [0.29, 0.717) is 6.42 Å². The van der Waals surface area contributed by atoms with Gasteiger partial charge in [-0.05, 0) is 93.9 Å². The lowest BCUT2D eigenvalue weighted by Gasteiger charge is -2.40. The topological polar surface area (TPSA) is 41.6 Å². The highest BCUT2D eigenvalue weighted by Gasteiger charge is 2.42. The number of likely N-dealkylation sites (tertiary alicyclic amines) is 1. The first-order chi connectivity index (χ1) is 15.5. The Morgan fingerprint density at radius 2 is 1.72 bits per heavy atom. The summed E-state index contributed by atoms with van der Waals surface area (Å²) in [6.45, 7) is 2.05. The highest BCUT2D eigenvalue weighted by molar-refractivity contribution is 5.83. The summed E-state index contributed by atoms with van der Waals surface area (Å²) in [5, 5.41) is 3.40. The predicted octanol–water partition coefficient (Wildman–Crippen LogP) is 4.82. The van der Waals surface area contributed by atoms with E-state index >= 15 is 0 Å². The van der Waals surface area contributed by atoms with Gasteiger partial charge in [0.1, 0.15) is 5.82 Å². The van der Waals surface area contributed by atoms with Crippen LogP contribution in [-0.2, 0) is 16.0 Å². The summed E-state index contributed by atoms with van der Waals surface area (Å²) in [6, 6.07) is 15.2. The highest BCUT2D eigenvalue weighted by atomic mass is 19.1. The molecule has 2 fully saturated rings. The van der Waals surface area contributed by atoms with Crippen molar-refractivity contribution in [3.8, 4) is 11.1 Å². The summed E-state index contributed by atoms with van der Waals surface area (Å²) in [7, 11) is 3.90. The van der Waals surface area contributed by atoms with Gasteiger partial charge in [-0.15, -0.1) is 0 Å². The van der Waals surface area contributed by atoms with Crippen molar-refractivity contribution in [3.05, 3.63) is 59.9 Å². The molecule has 1 saturated heterocycles. The third-order valence-corrected chi connectivity index (χ3v) is 7.39. The van der Waals surface area contributed by atoms with Crippen molar-refractivity contribution in [2.75, 3.05) is 27.2 Å². The van der Waals surface area contributed by atoms with Gasteiger partial charge in [-0.3, -0.25) is 4.79 Å². The second-order valence-electron chi connectivity index (χ2n) is 9.65. The maximum absolute atomic E-state index is 13.7. The maximum atomic E-state index is 13.7. The zero-order chi connectivity index (χ0) is 22.6. The molecule has 4 rings (SSSR count). The van der Waals surface area contributed by atoms with Gasteiger partial charge >= 0.3 is 0 Å². The Kier molecular flexibility index (Phi) is 7.27. The number of halogens is 1. The number of amides is 1. The van der Waals surface area contributed by atoms with E-state index in [1.807, 2.05) is 18.2 Å². The second-order valence-corrected chi connectivity index (χ2v) is 9.65. The number of rotatable bonds is 6. The Hall–Kier alpha value is -2.24. The minimum Gasteiger partial charge on any atom is -0.381 e. The SMILES string of the molecule is COC1CCC(Cc2cccc(-c3cccc(F)c3)c2)(C(=O)NC2CCN(C)CC2)CC1. The van der Waals surface area contributed by atoms with Crippen molar-refractivity contribution in [3.63, 3.8) is 0 Å². The normalized spacial score (nSPS) is 24.9. The first kappa shape index (κ1) is 22.9. The van der Waals surface area contributed by atoms with Crippen LogP contribution in [0.25, 0.3) is 11.1 Å². The fraction of sp³-hybridized carbons (Fsp3) is 0.519. The zero-order valence-corrected chi connectivity index (χ0v) is 19.3. The summed E-state index contributed by atoms with van der Waals surface area (Å²) in [5.74, 6) is -0.0440. The van der Waals surface area contributed by atoms with Gasteiger partial charge in [0.15, 0.2) is 0 Å². The Morgan fingerprint density at radius 3 is 2.38 bits per heavy atom. The Labute approximate surface area is 191 Å². The van der Waals surface area contributed by atoms with Crippen LogP contribution in [0.1, 0.15) is 44.1 Å². The van der Waals surface area contributed by atoms with Crippen LogP contribution in [0.2, 0.25) is 0 Å². The summed E-state index contributed by atoms with van der Waals surface area (Å²) in [6.07, 6.45) is 6.41. The molecule has 0 bridgehead atoms. The van der Waals surface area contributed by atoms with Gasteiger partial charge in [-0.2, -0.15) is 0 Å². The average molecular weight is 439 g/mol. The Morgan fingerprint density at radius 1 is 1.06 bits per heavy atom. The van der Waals surface area contributed by atoms with E-state index in [4.69, 9.17) is 4.74 Å². The molecule has 2 aromatic carbocycles. The molecule has 32 heavy (non-hydrogen) atoms. The minimum atomic E-state index is -0.418. The number of carbonyl (C=O) groups is 1. The van der Waals surface area contributed by atoms with Crippen LogP contribution < -0.4 is 5.32 Å². The van der Waals surface area contributed by atoms with Crippen LogP contribution in [0.4, 0.5) is 4.39 Å². The van der Waals surface area contributed by atoms with Crippen molar-refractivity contribution in [1.82, 2.24) is 10.2 Å². The number of nitrogens with one attached hydrogen (secondary N) is 1. The molecule has 172 valence electrons. The van der Waals surface area contributed by atoms with Gasteiger partial charge < -0.3 is 15.0 Å². The number of nitrogens with zero attached hydrogens (tertiary/aromatic N) is 1. The summed E-state index contributed by atoms with van der Waals surface area (Å²) in [4.78, 5) is 16.0. The first-order valence-corrected chi connectivity index (χ1v) is 11.8. The number of benzene rings is 2. The number of piperidine rings is 1. The van der Waals surface area contributed by atoms with Crippen LogP contribution >= 0.6 is 0 Å². The largest absolute Gasteiger partial charge is 0.381 e. The number of ether oxygens (including phenoxy) is 1. The van der Waals surface area contributed by atoms with Crippen LogP contribution in [0.3, 0.4) is 0 Å². The molecule has 1 amide bonds. The third-order valence-electron chi connectivity index (χ3n) is 7.39. The van der Waals surface area contributed by atoms with Crippen molar-refractivity contribution >= 4 is 5.91 Å². The quantitative estimate of drug-likeness (QED) is 0.703. The molecule has 0 spiro atoms. The van der Waals surface area contributed by atoms with E-state index in [-0.39, 0.29) is 23.9 Å². The van der Waals surface area contributed by atoms with Crippen LogP contribution in [-0.4, -0.2) is 50.2 Å². The van der Waals surface area contributed by atoms with E-state index in [1.54, 1.807) is 19.2 Å². The average Bonchev–Trinajstić information content (AvgIpc) is 2.81. The van der Waals surface area contributed by atoms with Crippen LogP contribution in [0, 0.1) is 11.2 Å². The third kappa shape index (κ3) is 5.38. The molecule has 5 heteroatoms. The van der Waals surface area contributed by atoms with Crippen molar-refractivity contribution in [2.24, 2.45) is 5.41 Å². The van der Waals surface area contributed by atoms with Gasteiger partial charge in [0.05, 0.1) is 11.5 Å². The van der Waals surface area contributed by atoms with Crippen molar-refractivity contribution in [1.29, 1.82) is 0 Å². The van der Waals surface area contributed by atoms with Gasteiger partial charge in [-0.1, -0.05) is 36.4 Å². The molecule has 1 saturated carbocycles. The molecular formula is C27H35FN2O2. The molecule has 0 atom stereocenters. The monoisotopic (exact) mass is 438 g/mol. The van der Waals surface area contributed by atoms with E-state index in [1.165, 1.54) is 6.07 Å². The van der Waals surface area contributed by atoms with Gasteiger partial charge in [0.25, 0.3) is 0 Å². The standard InChI is InChI=1S/C27H35FN2O2/c1-30-15-11-24(12-16-30)29-26(31)27(13-9-25(32-2)10-14-27)19-20-5-3-6-21(17-20)22-7-4-8-23(28)18-22/h3-8,17-18,24-25H,9-16,19H2,1-2H3,(H,29,31). The molecule has 2 aromatic rings. The lowest BCUT2D eigenvalue weighted by atomic mass is 9.68. The van der Waals surface area contributed by atoms with Crippen LogP contribution in [0.5, 0.6) is 0 Å². The van der Waals surface area contributed by atoms with Gasteiger partial charge in [0, 0.05) is 13.2 Å². The number of carbonyl (C=O) groups excluding carboxylic acids is 1. The number of hydrogen-bond donors (Lipinski definition) is 1. The molecule has 1 aliphatic carbocycles. The lowest BCUT2D eigenvalue weighted by Crippen LogP contribution is -2.51. The smallest absolute Gasteiger partial charge is 0.226 e. The fourth-order valence-electron chi connectivity index (χ4n) is 5.27. The summed E-state index contributed by atoms with van der Waals surface area (Å²) in [5.41, 5.74) is 2.55. The molecule has 0 aromatic heterocycles. The molecular weight excluding hydrogens is 403 g/mol. The van der Waals surface area contributed by atoms with Crippen LogP contribution in [0.15, 0.2) is 48.5 Å². The van der Waals surface area contributed by atoms with E-state index in [2.05, 4.69) is 29.4 Å².